The Kier molecular flexibility index (Phi) is 7.72. The van der Waals surface area contributed by atoms with Gasteiger partial charge in [-0.1, -0.05) is 12.1 Å². The molecule has 8 heteroatoms. The molecule has 1 saturated heterocycles. The van der Waals surface area contributed by atoms with Crippen molar-refractivity contribution in [2.24, 2.45) is 0 Å². The van der Waals surface area contributed by atoms with Gasteiger partial charge in [0.15, 0.2) is 0 Å². The number of nitro groups is 1. The Morgan fingerprint density at radius 2 is 1.70 bits per heavy atom. The van der Waals surface area contributed by atoms with Gasteiger partial charge in [-0.15, -0.1) is 0 Å². The Bertz CT molecular complexity index is 759. The second kappa shape index (κ2) is 10.0. The molecule has 2 aromatic rings. The predicted octanol–water partition coefficient (Wildman–Crippen LogP) is -0.307. The van der Waals surface area contributed by atoms with Crippen molar-refractivity contribution in [1.29, 1.82) is 0 Å². The van der Waals surface area contributed by atoms with E-state index in [4.69, 9.17) is 9.47 Å². The Labute approximate surface area is 163 Å². The van der Waals surface area contributed by atoms with E-state index >= 15 is 0 Å². The summed E-state index contributed by atoms with van der Waals surface area (Å²) in [6.45, 7) is 4.48. The summed E-state index contributed by atoms with van der Waals surface area (Å²) in [6, 6.07) is 12.7. The molecule has 0 N–H and O–H groups in total. The first kappa shape index (κ1) is 20.8. The largest absolute Gasteiger partial charge is 1.00 e. The normalized spacial score (nSPS) is 14.2. The number of nitro benzene ring substituents is 1. The smallest absolute Gasteiger partial charge is 0.343 e. The topological polar surface area (TPSA) is 81.9 Å². The zero-order chi connectivity index (χ0) is 18.4. The number of hydrogen-bond donors (Lipinski definition) is 0. The number of ether oxygens (including phenoxy) is 2. The summed E-state index contributed by atoms with van der Waals surface area (Å²) in [4.78, 5) is 24.6. The van der Waals surface area contributed by atoms with E-state index in [9.17, 15) is 14.9 Å². The first-order valence-corrected chi connectivity index (χ1v) is 8.47. The number of carbonyl (C=O) groups is 1. The molecule has 3 rings (SSSR count). The lowest BCUT2D eigenvalue weighted by Gasteiger charge is -2.26. The van der Waals surface area contributed by atoms with Crippen LogP contribution in [-0.4, -0.2) is 48.6 Å². The summed E-state index contributed by atoms with van der Waals surface area (Å²) in [6.07, 6.45) is 0.927. The molecule has 27 heavy (non-hydrogen) atoms. The Morgan fingerprint density at radius 1 is 1.07 bits per heavy atom. The zero-order valence-electron chi connectivity index (χ0n) is 14.7. The minimum Gasteiger partial charge on any atom is -1.00 e. The first-order chi connectivity index (χ1) is 12.6. The highest BCUT2D eigenvalue weighted by molar-refractivity contribution is 5.91. The van der Waals surface area contributed by atoms with Crippen LogP contribution in [0.4, 0.5) is 5.69 Å². The van der Waals surface area contributed by atoms with Crippen LogP contribution < -0.4 is 17.1 Å². The molecule has 0 spiro atoms. The number of benzene rings is 2. The highest BCUT2D eigenvalue weighted by Crippen LogP contribution is 2.17. The first-order valence-electron chi connectivity index (χ1n) is 8.47. The average Bonchev–Trinajstić information content (AvgIpc) is 2.68. The Morgan fingerprint density at radius 3 is 2.30 bits per heavy atom. The summed E-state index contributed by atoms with van der Waals surface area (Å²) < 4.78 is 10.7. The second-order valence-electron chi connectivity index (χ2n) is 6.04. The molecule has 1 aliphatic heterocycles. The van der Waals surface area contributed by atoms with Gasteiger partial charge in [-0.05, 0) is 36.2 Å². The third kappa shape index (κ3) is 6.02. The van der Waals surface area contributed by atoms with Gasteiger partial charge in [0.2, 0.25) is 0 Å². The fourth-order valence-electron chi connectivity index (χ4n) is 2.72. The van der Waals surface area contributed by atoms with E-state index in [1.54, 1.807) is 12.1 Å². The van der Waals surface area contributed by atoms with Crippen LogP contribution in [0.5, 0.6) is 5.75 Å². The summed E-state index contributed by atoms with van der Waals surface area (Å²) >= 11 is 0. The van der Waals surface area contributed by atoms with Gasteiger partial charge in [0, 0.05) is 31.8 Å². The van der Waals surface area contributed by atoms with Crippen LogP contribution in [0.2, 0.25) is 0 Å². The lowest BCUT2D eigenvalue weighted by atomic mass is 10.1. The quantitative estimate of drug-likeness (QED) is 0.291. The predicted molar refractivity (Wildman–Crippen MR) is 95.5 cm³/mol. The molecular formula is C19H20ClN2O5-. The van der Waals surface area contributed by atoms with Gasteiger partial charge in [0.25, 0.3) is 5.69 Å². The summed E-state index contributed by atoms with van der Waals surface area (Å²) in [7, 11) is 0. The summed E-state index contributed by atoms with van der Waals surface area (Å²) in [5, 5.41) is 10.6. The fraction of sp³-hybridized carbons (Fsp3) is 0.316. The van der Waals surface area contributed by atoms with E-state index < -0.39 is 10.9 Å². The monoisotopic (exact) mass is 391 g/mol. The average molecular weight is 392 g/mol. The lowest BCUT2D eigenvalue weighted by Crippen LogP contribution is -3.00. The van der Waals surface area contributed by atoms with E-state index in [2.05, 4.69) is 4.90 Å². The molecule has 0 amide bonds. The van der Waals surface area contributed by atoms with Crippen LogP contribution in [0.25, 0.3) is 0 Å². The van der Waals surface area contributed by atoms with Gasteiger partial charge in [-0.25, -0.2) is 4.79 Å². The number of halogens is 1. The van der Waals surface area contributed by atoms with Crippen molar-refractivity contribution in [2.75, 3.05) is 32.8 Å². The van der Waals surface area contributed by atoms with E-state index in [0.717, 1.165) is 39.3 Å². The van der Waals surface area contributed by atoms with Crippen molar-refractivity contribution in [2.45, 2.75) is 6.42 Å². The number of rotatable bonds is 6. The lowest BCUT2D eigenvalue weighted by molar-refractivity contribution is -0.384. The van der Waals surface area contributed by atoms with Crippen LogP contribution in [0.3, 0.4) is 0 Å². The molecule has 0 aliphatic carbocycles. The van der Waals surface area contributed by atoms with Gasteiger partial charge >= 0.3 is 5.97 Å². The molecule has 0 radical (unpaired) electrons. The van der Waals surface area contributed by atoms with E-state index in [-0.39, 0.29) is 23.7 Å². The molecule has 7 nitrogen and oxygen atoms in total. The maximum atomic E-state index is 12.1. The van der Waals surface area contributed by atoms with E-state index in [0.29, 0.717) is 5.75 Å². The number of nitrogens with zero attached hydrogens (tertiary/aromatic N) is 2. The summed E-state index contributed by atoms with van der Waals surface area (Å²) in [5.41, 5.74) is 1.38. The molecule has 0 bridgehead atoms. The van der Waals surface area contributed by atoms with Crippen LogP contribution in [0.1, 0.15) is 15.9 Å². The van der Waals surface area contributed by atoms with Crippen molar-refractivity contribution in [1.82, 2.24) is 4.90 Å². The van der Waals surface area contributed by atoms with Crippen molar-refractivity contribution < 1.29 is 31.6 Å². The van der Waals surface area contributed by atoms with E-state index in [1.165, 1.54) is 29.8 Å². The van der Waals surface area contributed by atoms with Gasteiger partial charge in [0.1, 0.15) is 5.75 Å². The molecular weight excluding hydrogens is 372 g/mol. The Balaban J connectivity index is 0.00000261. The van der Waals surface area contributed by atoms with Gasteiger partial charge < -0.3 is 21.9 Å². The van der Waals surface area contributed by atoms with Gasteiger partial charge in [-0.2, -0.15) is 0 Å². The second-order valence-corrected chi connectivity index (χ2v) is 6.04. The summed E-state index contributed by atoms with van der Waals surface area (Å²) in [5.74, 6) is -0.0931. The van der Waals surface area contributed by atoms with Crippen molar-refractivity contribution >= 4 is 11.7 Å². The highest BCUT2D eigenvalue weighted by Gasteiger charge is 2.12. The van der Waals surface area contributed by atoms with Gasteiger partial charge in [0.05, 0.1) is 23.7 Å². The third-order valence-electron chi connectivity index (χ3n) is 4.27. The molecule has 1 heterocycles. The molecule has 0 saturated carbocycles. The van der Waals surface area contributed by atoms with Crippen LogP contribution in [0, 0.1) is 10.1 Å². The van der Waals surface area contributed by atoms with E-state index in [1.807, 2.05) is 12.1 Å². The number of carbonyl (C=O) groups excluding carboxylic acids is 1. The number of morpholine rings is 1. The number of non-ortho nitro benzene ring substituents is 1. The van der Waals surface area contributed by atoms with Crippen LogP contribution in [-0.2, 0) is 11.2 Å². The third-order valence-corrected chi connectivity index (χ3v) is 4.27. The fourth-order valence-corrected chi connectivity index (χ4v) is 2.72. The molecule has 1 aliphatic rings. The maximum absolute atomic E-state index is 12.1. The zero-order valence-corrected chi connectivity index (χ0v) is 15.4. The number of esters is 1. The maximum Gasteiger partial charge on any atom is 0.343 e. The molecule has 0 aromatic heterocycles. The van der Waals surface area contributed by atoms with Crippen LogP contribution >= 0.6 is 0 Å². The van der Waals surface area contributed by atoms with Gasteiger partial charge in [-0.3, -0.25) is 15.0 Å². The Hall–Kier alpha value is -2.48. The SMILES string of the molecule is O=C(Oc1ccc(CCN2CCOCC2)cc1)c1ccc([N+](=O)[O-])cc1.[Cl-]. The van der Waals surface area contributed by atoms with Crippen molar-refractivity contribution in [3.8, 4) is 5.75 Å². The molecule has 1 fully saturated rings. The minimum absolute atomic E-state index is 0. The molecule has 144 valence electrons. The van der Waals surface area contributed by atoms with Crippen LogP contribution in [0.15, 0.2) is 48.5 Å². The number of hydrogen-bond acceptors (Lipinski definition) is 6. The van der Waals surface area contributed by atoms with Crippen molar-refractivity contribution in [3.63, 3.8) is 0 Å². The standard InChI is InChI=1S/C19H20N2O5.ClH/c22-19(16-3-5-17(6-4-16)21(23)24)26-18-7-1-15(2-8-18)9-10-20-11-13-25-14-12-20;/h1-8H,9-14H2;1H/p-1. The van der Waals surface area contributed by atoms with Crippen molar-refractivity contribution in [3.05, 3.63) is 69.8 Å². The highest BCUT2D eigenvalue weighted by atomic mass is 35.5. The molecule has 0 atom stereocenters. The molecule has 2 aromatic carbocycles. The molecule has 0 unspecified atom stereocenters. The minimum atomic E-state index is -0.541.